The van der Waals surface area contributed by atoms with Crippen LogP contribution in [0.3, 0.4) is 0 Å². The van der Waals surface area contributed by atoms with E-state index in [0.717, 1.165) is 37.7 Å². The number of rotatable bonds is 11. The van der Waals surface area contributed by atoms with Gasteiger partial charge in [-0.25, -0.2) is 4.79 Å². The van der Waals surface area contributed by atoms with Crippen molar-refractivity contribution < 1.29 is 97.8 Å². The maximum Gasteiger partial charge on any atom is 0.331 e. The molecule has 4 aliphatic carbocycles. The summed E-state index contributed by atoms with van der Waals surface area (Å²) in [5.41, 5.74) is -1.01. The number of carbonyl (C=O) groups is 2. The maximum atomic E-state index is 12.6. The molecule has 9 rings (SSSR count). The molecule has 26 atom stereocenters. The summed E-state index contributed by atoms with van der Waals surface area (Å²) in [4.78, 5) is 24.2. The fourth-order valence-electron chi connectivity index (χ4n) is 14.6. The van der Waals surface area contributed by atoms with Gasteiger partial charge in [-0.2, -0.15) is 0 Å². The molecule has 0 bridgehead atoms. The van der Waals surface area contributed by atoms with Crippen LogP contribution in [0.25, 0.3) is 0 Å². The van der Waals surface area contributed by atoms with Crippen LogP contribution in [0, 0.1) is 34.5 Å². The largest absolute Gasteiger partial charge is 0.459 e. The summed E-state index contributed by atoms with van der Waals surface area (Å²) in [6.45, 7) is 10.3. The summed E-state index contributed by atoms with van der Waals surface area (Å²) in [5.74, 6) is -0.580. The summed E-state index contributed by atoms with van der Waals surface area (Å²) in [6.07, 6.45) is -11.1. The molecule has 0 spiro atoms. The van der Waals surface area contributed by atoms with E-state index in [-0.39, 0.29) is 61.1 Å². The Balaban J connectivity index is 0.752. The second-order valence-corrected chi connectivity index (χ2v) is 22.2. The maximum absolute atomic E-state index is 12.6. The first-order chi connectivity index (χ1) is 32.6. The molecular formula is C49H76O20. The standard InChI is InChI=1S/C49H76O20/c1-21-43(67-38-17-32(53)44(22(2)62-38)68-39-18-33(64-24(4)51)45(23(3)63-39)69-46-42(58)41(57)40(56)34(19-50)66-46)31(52)16-37(61-21)65-27-9-11-47(5)26(14-27)7-8-29-30(47)15-35(54)48(6)28(10-12-49(29,48)59)25-13-36(55)60-20-25/h13,21-23,26-35,37-46,50,52-54,56-59H,7-12,14-20H2,1-6H3/t21-,22-,23-,26-,27-,28+,29+,30+,31-,32-,33-,34+,35+,37-,38-,39+,40+,41-,42+,43+,44+,45-,46-,47+,48+,49-/m1/s1. The van der Waals surface area contributed by atoms with E-state index in [1.54, 1.807) is 26.8 Å². The van der Waals surface area contributed by atoms with Gasteiger partial charge in [0, 0.05) is 37.7 Å². The second-order valence-electron chi connectivity index (χ2n) is 22.2. The molecular weight excluding hydrogens is 909 g/mol. The van der Waals surface area contributed by atoms with Crippen LogP contribution in [0.2, 0.25) is 0 Å². The van der Waals surface area contributed by atoms with Crippen molar-refractivity contribution in [2.24, 2.45) is 34.5 Å². The van der Waals surface area contributed by atoms with Gasteiger partial charge in [0.05, 0.1) is 54.9 Å². The normalized spacial score (nSPS) is 53.3. The third kappa shape index (κ3) is 9.48. The van der Waals surface area contributed by atoms with Gasteiger partial charge in [0.25, 0.3) is 0 Å². The van der Waals surface area contributed by atoms with Gasteiger partial charge >= 0.3 is 11.9 Å². The first-order valence-electron chi connectivity index (χ1n) is 25.3. The predicted octanol–water partition coefficient (Wildman–Crippen LogP) is 0.613. The molecule has 4 saturated carbocycles. The lowest BCUT2D eigenvalue weighted by atomic mass is 9.42. The number of cyclic esters (lactones) is 1. The van der Waals surface area contributed by atoms with Crippen molar-refractivity contribution in [1.82, 2.24) is 0 Å². The van der Waals surface area contributed by atoms with Gasteiger partial charge in [-0.3, -0.25) is 4.79 Å². The van der Waals surface area contributed by atoms with Crippen LogP contribution in [0.4, 0.5) is 0 Å². The van der Waals surface area contributed by atoms with Crippen molar-refractivity contribution in [3.8, 4) is 0 Å². The van der Waals surface area contributed by atoms with Crippen LogP contribution in [-0.4, -0.2) is 188 Å². The van der Waals surface area contributed by atoms with E-state index >= 15 is 0 Å². The van der Waals surface area contributed by atoms with Crippen molar-refractivity contribution in [3.05, 3.63) is 11.6 Å². The van der Waals surface area contributed by atoms with Gasteiger partial charge in [0.2, 0.25) is 0 Å². The molecule has 4 saturated heterocycles. The molecule has 8 fully saturated rings. The summed E-state index contributed by atoms with van der Waals surface area (Å²) >= 11 is 0. The third-order valence-corrected chi connectivity index (χ3v) is 18.4. The second kappa shape index (κ2) is 20.0. The molecule has 0 aromatic heterocycles. The van der Waals surface area contributed by atoms with Crippen LogP contribution in [-0.2, 0) is 57.0 Å². The van der Waals surface area contributed by atoms with Crippen LogP contribution in [0.1, 0.15) is 112 Å². The minimum absolute atomic E-state index is 0.00421. The Kier molecular flexibility index (Phi) is 15.1. The van der Waals surface area contributed by atoms with Crippen molar-refractivity contribution in [3.63, 3.8) is 0 Å². The first-order valence-corrected chi connectivity index (χ1v) is 25.3. The lowest BCUT2D eigenvalue weighted by Gasteiger charge is -2.65. The fraction of sp³-hybridized carbons (Fsp3) is 0.918. The molecule has 69 heavy (non-hydrogen) atoms. The van der Waals surface area contributed by atoms with Gasteiger partial charge in [0.15, 0.2) is 25.2 Å². The fourth-order valence-corrected chi connectivity index (χ4v) is 14.6. The van der Waals surface area contributed by atoms with E-state index < -0.39 is 134 Å². The molecule has 0 unspecified atom stereocenters. The number of fused-ring (bicyclic) bond motifs is 5. The van der Waals surface area contributed by atoms with Crippen LogP contribution in [0.5, 0.6) is 0 Å². The SMILES string of the molecule is CC(=O)O[C@@H]1C[C@H](O[C@@H]2[C@H](O)C[C@@H](O[C@@H]3[C@H](O)C[C@@H](O[C@@H]4CC[C@@]5(C)[C@H](CC[C@H]6[C@@H]5C[C@H](O)[C@]5(C)[C@H](C7=CC(=O)OC7)CC[C@@]65O)C4)O[C@@H]3C)O[C@@H]2C)O[C@H](C)[C@H]1O[C@H]1O[C@@H](CO)[C@H](O)[C@@H](O)[C@@H]1O. The Morgan fingerprint density at radius 1 is 0.710 bits per heavy atom. The Bertz CT molecular complexity index is 1850. The quantitative estimate of drug-likeness (QED) is 0.104. The van der Waals surface area contributed by atoms with Gasteiger partial charge in [-0.05, 0) is 107 Å². The van der Waals surface area contributed by atoms with Gasteiger partial charge in [-0.1, -0.05) is 13.8 Å². The zero-order chi connectivity index (χ0) is 49.5. The lowest BCUT2D eigenvalue weighted by molar-refractivity contribution is -0.355. The van der Waals surface area contributed by atoms with Crippen molar-refractivity contribution in [2.75, 3.05) is 13.2 Å². The van der Waals surface area contributed by atoms with E-state index in [2.05, 4.69) is 6.92 Å². The smallest absolute Gasteiger partial charge is 0.331 e. The minimum atomic E-state index is -1.69. The average molecular weight is 985 g/mol. The molecule has 20 nitrogen and oxygen atoms in total. The highest BCUT2D eigenvalue weighted by Gasteiger charge is 2.71. The monoisotopic (exact) mass is 984 g/mol. The topological polar surface area (TPSA) is 288 Å². The zero-order valence-corrected chi connectivity index (χ0v) is 40.5. The Morgan fingerprint density at radius 2 is 1.33 bits per heavy atom. The van der Waals surface area contributed by atoms with Crippen molar-refractivity contribution in [1.29, 1.82) is 0 Å². The van der Waals surface area contributed by atoms with Crippen LogP contribution >= 0.6 is 0 Å². The number of aliphatic hydroxyl groups excluding tert-OH is 7. The Labute approximate surface area is 402 Å². The summed E-state index contributed by atoms with van der Waals surface area (Å²) < 4.78 is 60.1. The Hall–Kier alpha value is -1.96. The molecule has 392 valence electrons. The molecule has 5 aliphatic heterocycles. The van der Waals surface area contributed by atoms with Crippen LogP contribution in [0.15, 0.2) is 11.6 Å². The van der Waals surface area contributed by atoms with Gasteiger partial charge in [0.1, 0.15) is 55.4 Å². The summed E-state index contributed by atoms with van der Waals surface area (Å²) in [7, 11) is 0. The molecule has 0 amide bonds. The highest BCUT2D eigenvalue weighted by molar-refractivity contribution is 5.85. The molecule has 0 radical (unpaired) electrons. The van der Waals surface area contributed by atoms with E-state index in [4.69, 9.17) is 47.4 Å². The predicted molar refractivity (Wildman–Crippen MR) is 235 cm³/mol. The first kappa shape index (κ1) is 51.9. The van der Waals surface area contributed by atoms with Gasteiger partial charge < -0.3 is 88.2 Å². The van der Waals surface area contributed by atoms with Crippen molar-refractivity contribution in [2.45, 2.75) is 234 Å². The van der Waals surface area contributed by atoms with E-state index in [0.29, 0.717) is 25.2 Å². The average Bonchev–Trinajstić information content (AvgIpc) is 3.84. The van der Waals surface area contributed by atoms with E-state index in [1.807, 2.05) is 6.92 Å². The highest BCUT2D eigenvalue weighted by Crippen LogP contribution is 2.70. The molecule has 8 N–H and O–H groups in total. The highest BCUT2D eigenvalue weighted by atomic mass is 16.8. The summed E-state index contributed by atoms with van der Waals surface area (Å²) in [6, 6.07) is 0. The molecule has 0 aromatic rings. The molecule has 9 aliphatic rings. The number of esters is 2. The van der Waals surface area contributed by atoms with E-state index in [1.165, 1.54) is 6.92 Å². The zero-order valence-electron chi connectivity index (χ0n) is 40.5. The number of carbonyl (C=O) groups excluding carboxylic acids is 2. The Morgan fingerprint density at radius 3 is 1.93 bits per heavy atom. The van der Waals surface area contributed by atoms with Crippen molar-refractivity contribution >= 4 is 11.9 Å². The summed E-state index contributed by atoms with van der Waals surface area (Å²) in [5, 5.41) is 88.1. The van der Waals surface area contributed by atoms with Crippen LogP contribution < -0.4 is 0 Å². The number of aliphatic hydroxyl groups is 8. The van der Waals surface area contributed by atoms with Gasteiger partial charge in [-0.15, -0.1) is 0 Å². The number of ether oxygens (including phenoxy) is 10. The molecule has 5 heterocycles. The third-order valence-electron chi connectivity index (χ3n) is 18.4. The van der Waals surface area contributed by atoms with E-state index in [9.17, 15) is 50.4 Å². The lowest BCUT2D eigenvalue weighted by Crippen LogP contribution is -2.67. The molecule has 0 aromatic carbocycles. The molecule has 20 heteroatoms. The number of hydrogen-bond donors (Lipinski definition) is 8. The number of hydrogen-bond acceptors (Lipinski definition) is 20. The minimum Gasteiger partial charge on any atom is -0.459 e.